The number of hydrogen-bond acceptors (Lipinski definition) is 7. The summed E-state index contributed by atoms with van der Waals surface area (Å²) >= 11 is 0. The molecule has 0 aromatic carbocycles. The molecule has 1 aliphatic rings. The Labute approximate surface area is 180 Å². The van der Waals surface area contributed by atoms with Gasteiger partial charge in [-0.25, -0.2) is 18.4 Å². The van der Waals surface area contributed by atoms with Crippen LogP contribution in [0.25, 0.3) is 5.82 Å². The summed E-state index contributed by atoms with van der Waals surface area (Å²) in [6.07, 6.45) is 6.00. The van der Waals surface area contributed by atoms with Crippen molar-refractivity contribution in [2.45, 2.75) is 38.5 Å². The lowest BCUT2D eigenvalue weighted by Crippen LogP contribution is -2.41. The zero-order chi connectivity index (χ0) is 22.2. The molecule has 3 aromatic rings. The molecule has 0 aliphatic carbocycles. The fourth-order valence-corrected chi connectivity index (χ4v) is 5.56. The normalized spacial score (nSPS) is 15.8. The van der Waals surface area contributed by atoms with E-state index in [1.807, 2.05) is 23.8 Å². The maximum absolute atomic E-state index is 12.9. The number of imidazole rings is 1. The van der Waals surface area contributed by atoms with Crippen molar-refractivity contribution >= 4 is 21.6 Å². The topological polar surface area (TPSA) is 123 Å². The van der Waals surface area contributed by atoms with E-state index < -0.39 is 10.0 Å². The number of sulfonamides is 1. The van der Waals surface area contributed by atoms with Crippen molar-refractivity contribution in [3.63, 3.8) is 0 Å². The van der Waals surface area contributed by atoms with Crippen molar-refractivity contribution in [2.24, 2.45) is 5.92 Å². The van der Waals surface area contributed by atoms with Crippen LogP contribution in [0.5, 0.6) is 0 Å². The zero-order valence-corrected chi connectivity index (χ0v) is 18.4. The summed E-state index contributed by atoms with van der Waals surface area (Å²) in [6, 6.07) is 3.60. The monoisotopic (exact) mass is 444 g/mol. The number of amides is 1. The molecule has 1 amide bonds. The van der Waals surface area contributed by atoms with Gasteiger partial charge in [0.15, 0.2) is 5.76 Å². The molecule has 0 radical (unpaired) electrons. The van der Waals surface area contributed by atoms with Crippen molar-refractivity contribution in [2.75, 3.05) is 18.4 Å². The second-order valence-electron chi connectivity index (χ2n) is 7.57. The largest absolute Gasteiger partial charge is 0.360 e. The van der Waals surface area contributed by atoms with E-state index in [0.717, 1.165) is 5.82 Å². The summed E-state index contributed by atoms with van der Waals surface area (Å²) in [6.45, 7) is 5.61. The number of aryl methyl sites for hydroxylation is 3. The fraction of sp³-hybridized carbons (Fsp3) is 0.400. The molecule has 0 saturated carbocycles. The summed E-state index contributed by atoms with van der Waals surface area (Å²) in [4.78, 5) is 21.3. The van der Waals surface area contributed by atoms with Gasteiger partial charge in [-0.2, -0.15) is 4.31 Å². The van der Waals surface area contributed by atoms with Crippen LogP contribution in [0.2, 0.25) is 0 Å². The molecule has 31 heavy (non-hydrogen) atoms. The molecule has 0 spiro atoms. The van der Waals surface area contributed by atoms with E-state index in [2.05, 4.69) is 20.4 Å². The van der Waals surface area contributed by atoms with Crippen LogP contribution in [0, 0.1) is 26.7 Å². The summed E-state index contributed by atoms with van der Waals surface area (Å²) < 4.78 is 34.1. The number of nitrogens with one attached hydrogen (secondary N) is 1. The Kier molecular flexibility index (Phi) is 5.63. The van der Waals surface area contributed by atoms with Crippen molar-refractivity contribution in [3.8, 4) is 5.82 Å². The third kappa shape index (κ3) is 4.10. The lowest BCUT2D eigenvalue weighted by Gasteiger charge is -2.30. The molecular weight excluding hydrogens is 420 g/mol. The van der Waals surface area contributed by atoms with Crippen LogP contribution in [0.4, 0.5) is 5.69 Å². The molecule has 1 saturated heterocycles. The summed E-state index contributed by atoms with van der Waals surface area (Å²) in [5.74, 6) is 1.40. The third-order valence-corrected chi connectivity index (χ3v) is 7.62. The van der Waals surface area contributed by atoms with Crippen LogP contribution >= 0.6 is 0 Å². The molecule has 10 nitrogen and oxygen atoms in total. The van der Waals surface area contributed by atoms with Gasteiger partial charge in [-0.05, 0) is 45.7 Å². The van der Waals surface area contributed by atoms with Gasteiger partial charge in [-0.1, -0.05) is 5.16 Å². The minimum absolute atomic E-state index is 0.120. The van der Waals surface area contributed by atoms with Crippen LogP contribution in [-0.4, -0.2) is 51.4 Å². The molecule has 0 bridgehead atoms. The first-order valence-corrected chi connectivity index (χ1v) is 11.4. The quantitative estimate of drug-likeness (QED) is 0.640. The highest BCUT2D eigenvalue weighted by atomic mass is 32.2. The predicted octanol–water partition coefficient (Wildman–Crippen LogP) is 2.22. The smallest absolute Gasteiger partial charge is 0.248 e. The predicted molar refractivity (Wildman–Crippen MR) is 112 cm³/mol. The summed E-state index contributed by atoms with van der Waals surface area (Å²) in [5, 5.41) is 6.62. The second kappa shape index (κ2) is 8.23. The molecule has 164 valence electrons. The van der Waals surface area contributed by atoms with Gasteiger partial charge >= 0.3 is 0 Å². The van der Waals surface area contributed by atoms with Crippen LogP contribution in [-0.2, 0) is 14.8 Å². The van der Waals surface area contributed by atoms with Crippen molar-refractivity contribution in [1.29, 1.82) is 0 Å². The summed E-state index contributed by atoms with van der Waals surface area (Å²) in [5.41, 5.74) is 0.941. The molecule has 1 N–H and O–H groups in total. The lowest BCUT2D eigenvalue weighted by molar-refractivity contribution is -0.120. The first-order valence-electron chi connectivity index (χ1n) is 9.97. The second-order valence-corrected chi connectivity index (χ2v) is 9.45. The Bertz CT molecular complexity index is 1170. The van der Waals surface area contributed by atoms with Gasteiger partial charge < -0.3 is 9.84 Å². The molecule has 4 rings (SSSR count). The minimum atomic E-state index is -3.69. The van der Waals surface area contributed by atoms with Crippen LogP contribution < -0.4 is 5.32 Å². The van der Waals surface area contributed by atoms with E-state index in [1.165, 1.54) is 4.31 Å². The Morgan fingerprint density at radius 2 is 1.90 bits per heavy atom. The van der Waals surface area contributed by atoms with Gasteiger partial charge in [0.1, 0.15) is 22.2 Å². The highest BCUT2D eigenvalue weighted by molar-refractivity contribution is 7.89. The van der Waals surface area contributed by atoms with E-state index in [9.17, 15) is 13.2 Å². The fourth-order valence-electron chi connectivity index (χ4n) is 3.80. The first-order chi connectivity index (χ1) is 14.8. The molecule has 0 atom stereocenters. The number of piperidine rings is 1. The average Bonchev–Trinajstić information content (AvgIpc) is 3.33. The number of carbonyl (C=O) groups is 1. The average molecular weight is 445 g/mol. The molecule has 11 heteroatoms. The van der Waals surface area contributed by atoms with Crippen LogP contribution in [0.15, 0.2) is 40.1 Å². The summed E-state index contributed by atoms with van der Waals surface area (Å²) in [7, 11) is -3.69. The SMILES string of the molecule is Cc1noc(C)c1S(=O)(=O)N1CCC(C(=O)Nc2ccc(-n3ccnc3C)nc2)CC1. The Morgan fingerprint density at radius 3 is 2.45 bits per heavy atom. The van der Waals surface area contributed by atoms with E-state index in [4.69, 9.17) is 4.52 Å². The number of anilines is 1. The van der Waals surface area contributed by atoms with Gasteiger partial charge in [-0.15, -0.1) is 0 Å². The molecule has 1 fully saturated rings. The number of rotatable bonds is 5. The van der Waals surface area contributed by atoms with Gasteiger partial charge in [0.2, 0.25) is 15.9 Å². The van der Waals surface area contributed by atoms with Gasteiger partial charge in [-0.3, -0.25) is 9.36 Å². The van der Waals surface area contributed by atoms with Crippen molar-refractivity contribution in [1.82, 2.24) is 24.0 Å². The Balaban J connectivity index is 1.37. The highest BCUT2D eigenvalue weighted by Gasteiger charge is 2.35. The molecule has 4 heterocycles. The zero-order valence-electron chi connectivity index (χ0n) is 17.6. The van der Waals surface area contributed by atoms with Gasteiger partial charge in [0.05, 0.1) is 11.9 Å². The van der Waals surface area contributed by atoms with Crippen molar-refractivity contribution in [3.05, 3.63) is 48.0 Å². The number of aromatic nitrogens is 4. The van der Waals surface area contributed by atoms with E-state index >= 15 is 0 Å². The minimum Gasteiger partial charge on any atom is -0.360 e. The van der Waals surface area contributed by atoms with Crippen molar-refractivity contribution < 1.29 is 17.7 Å². The maximum Gasteiger partial charge on any atom is 0.248 e. The number of carbonyl (C=O) groups excluding carboxylic acids is 1. The molecule has 1 aliphatic heterocycles. The third-order valence-electron chi connectivity index (χ3n) is 5.48. The molecular formula is C20H24N6O4S. The lowest BCUT2D eigenvalue weighted by atomic mass is 9.97. The maximum atomic E-state index is 12.9. The molecule has 3 aromatic heterocycles. The Morgan fingerprint density at radius 1 is 1.16 bits per heavy atom. The first kappa shape index (κ1) is 21.2. The van der Waals surface area contributed by atoms with Gasteiger partial charge in [0.25, 0.3) is 0 Å². The van der Waals surface area contributed by atoms with E-state index in [0.29, 0.717) is 30.0 Å². The standard InChI is InChI=1S/C20H24N6O4S/c1-13-19(14(2)30-24-13)31(28,29)25-9-6-16(7-10-25)20(27)23-17-4-5-18(22-12-17)26-11-8-21-15(26)3/h4-5,8,11-12,16H,6-7,9-10H2,1-3H3,(H,23,27). The highest BCUT2D eigenvalue weighted by Crippen LogP contribution is 2.28. The molecule has 0 unspecified atom stereocenters. The van der Waals surface area contributed by atoms with Crippen LogP contribution in [0.1, 0.15) is 30.1 Å². The van der Waals surface area contributed by atoms with E-state index in [-0.39, 0.29) is 35.6 Å². The van der Waals surface area contributed by atoms with Gasteiger partial charge in [0, 0.05) is 31.4 Å². The Hall–Kier alpha value is -3.05. The number of hydrogen-bond donors (Lipinski definition) is 1. The van der Waals surface area contributed by atoms with E-state index in [1.54, 1.807) is 32.3 Å². The number of pyridine rings is 1. The number of nitrogens with zero attached hydrogens (tertiary/aromatic N) is 5. The van der Waals surface area contributed by atoms with Crippen LogP contribution in [0.3, 0.4) is 0 Å².